The third-order valence-corrected chi connectivity index (χ3v) is 4.96. The molecule has 4 bridgehead atoms. The molecule has 94 valence electrons. The highest BCUT2D eigenvalue weighted by Gasteiger charge is 2.61. The van der Waals surface area contributed by atoms with Crippen molar-refractivity contribution in [1.29, 1.82) is 0 Å². The van der Waals surface area contributed by atoms with Crippen LogP contribution in [-0.2, 0) is 9.59 Å². The number of hydrogen-bond donors (Lipinski definition) is 2. The first-order valence-electron chi connectivity index (χ1n) is 6.45. The molecule has 4 fully saturated rings. The molecule has 0 aromatic carbocycles. The highest BCUT2D eigenvalue weighted by Crippen LogP contribution is 2.61. The van der Waals surface area contributed by atoms with E-state index in [0.29, 0.717) is 18.3 Å². The molecule has 0 spiro atoms. The molecule has 1 amide bonds. The Morgan fingerprint density at radius 2 is 1.76 bits per heavy atom. The van der Waals surface area contributed by atoms with Gasteiger partial charge >= 0.3 is 5.97 Å². The Bertz CT molecular complexity index is 376. The molecule has 0 aromatic rings. The molecule has 4 atom stereocenters. The van der Waals surface area contributed by atoms with Crippen molar-refractivity contribution in [2.45, 2.75) is 51.0 Å². The summed E-state index contributed by atoms with van der Waals surface area (Å²) in [6.07, 6.45) is 5.41. The Morgan fingerprint density at radius 1 is 1.18 bits per heavy atom. The predicted molar refractivity (Wildman–Crippen MR) is 61.3 cm³/mol. The van der Waals surface area contributed by atoms with E-state index in [1.54, 1.807) is 0 Å². The lowest BCUT2D eigenvalue weighted by atomic mass is 9.47. The number of carbonyl (C=O) groups is 2. The minimum atomic E-state index is -0.652. The van der Waals surface area contributed by atoms with Crippen LogP contribution in [-0.4, -0.2) is 22.5 Å². The molecule has 0 aromatic heterocycles. The third-order valence-electron chi connectivity index (χ3n) is 4.96. The van der Waals surface area contributed by atoms with E-state index in [1.807, 2.05) is 0 Å². The summed E-state index contributed by atoms with van der Waals surface area (Å²) >= 11 is 0. The molecular weight excluding hydrogens is 218 g/mol. The minimum Gasteiger partial charge on any atom is -0.481 e. The van der Waals surface area contributed by atoms with Gasteiger partial charge in [-0.15, -0.1) is 0 Å². The smallest absolute Gasteiger partial charge is 0.309 e. The number of carboxylic acid groups (broad SMARTS) is 1. The summed E-state index contributed by atoms with van der Waals surface area (Å²) in [5, 5.41) is 12.6. The zero-order valence-corrected chi connectivity index (χ0v) is 10.2. The van der Waals surface area contributed by atoms with Gasteiger partial charge in [0.1, 0.15) is 0 Å². The van der Waals surface area contributed by atoms with Crippen molar-refractivity contribution < 1.29 is 14.7 Å². The van der Waals surface area contributed by atoms with Gasteiger partial charge in [-0.1, -0.05) is 0 Å². The van der Waals surface area contributed by atoms with Crippen LogP contribution >= 0.6 is 0 Å². The number of aliphatic carboxylic acids is 1. The molecule has 0 heterocycles. The van der Waals surface area contributed by atoms with E-state index in [2.05, 4.69) is 5.32 Å². The standard InChI is InChI=1S/C13H19NO3/c1-8(15)14-13-5-9-2-10(6-13)4-12(3-9,7-13)11(16)17/h9-10H,2-7H2,1H3,(H,14,15)(H,16,17)/t9-,10+,12?,13?. The lowest BCUT2D eigenvalue weighted by Gasteiger charge is -2.60. The number of carbonyl (C=O) groups excluding carboxylic acids is 1. The molecule has 4 nitrogen and oxygen atoms in total. The van der Waals surface area contributed by atoms with Gasteiger partial charge < -0.3 is 10.4 Å². The second kappa shape index (κ2) is 3.24. The summed E-state index contributed by atoms with van der Waals surface area (Å²) in [6.45, 7) is 1.53. The number of hydrogen-bond acceptors (Lipinski definition) is 2. The summed E-state index contributed by atoms with van der Waals surface area (Å²) in [7, 11) is 0. The molecule has 0 aliphatic heterocycles. The quantitative estimate of drug-likeness (QED) is 0.765. The van der Waals surface area contributed by atoms with Gasteiger partial charge in [-0.2, -0.15) is 0 Å². The molecule has 4 saturated carbocycles. The van der Waals surface area contributed by atoms with Crippen LogP contribution in [0.25, 0.3) is 0 Å². The molecule has 4 heteroatoms. The second-order valence-corrected chi connectivity index (χ2v) is 6.51. The molecule has 2 N–H and O–H groups in total. The normalized spacial score (nSPS) is 46.9. The zero-order chi connectivity index (χ0) is 12.3. The fourth-order valence-electron chi connectivity index (χ4n) is 5.03. The molecule has 4 aliphatic rings. The Morgan fingerprint density at radius 3 is 2.24 bits per heavy atom. The lowest BCUT2D eigenvalue weighted by Crippen LogP contribution is -2.64. The van der Waals surface area contributed by atoms with Crippen LogP contribution in [0.5, 0.6) is 0 Å². The van der Waals surface area contributed by atoms with Gasteiger partial charge in [-0.25, -0.2) is 0 Å². The Hall–Kier alpha value is -1.06. The number of rotatable bonds is 2. The number of carboxylic acids is 1. The average Bonchev–Trinajstić information content (AvgIpc) is 2.12. The van der Waals surface area contributed by atoms with Crippen molar-refractivity contribution in [2.75, 3.05) is 0 Å². The van der Waals surface area contributed by atoms with Gasteiger partial charge in [0.05, 0.1) is 5.41 Å². The van der Waals surface area contributed by atoms with Gasteiger partial charge in [0.2, 0.25) is 5.91 Å². The lowest BCUT2D eigenvalue weighted by molar-refractivity contribution is -0.169. The van der Waals surface area contributed by atoms with Crippen molar-refractivity contribution in [2.24, 2.45) is 17.3 Å². The SMILES string of the molecule is CC(=O)NC12C[C@H]3C[C@@H](C1)CC(C(=O)O)(C3)C2. The summed E-state index contributed by atoms with van der Waals surface area (Å²) < 4.78 is 0. The van der Waals surface area contributed by atoms with Gasteiger partial charge in [-0.05, 0) is 50.4 Å². The van der Waals surface area contributed by atoms with Gasteiger partial charge in [-0.3, -0.25) is 9.59 Å². The van der Waals surface area contributed by atoms with E-state index in [9.17, 15) is 14.7 Å². The summed E-state index contributed by atoms with van der Waals surface area (Å²) in [4.78, 5) is 22.9. The van der Waals surface area contributed by atoms with Crippen LogP contribution in [0, 0.1) is 17.3 Å². The first-order chi connectivity index (χ1) is 7.93. The molecule has 17 heavy (non-hydrogen) atoms. The minimum absolute atomic E-state index is 0.0208. The predicted octanol–water partition coefficient (Wildman–Crippen LogP) is 1.55. The fraction of sp³-hybridized carbons (Fsp3) is 0.846. The molecular formula is C13H19NO3. The molecule has 0 saturated heterocycles. The van der Waals surface area contributed by atoms with E-state index >= 15 is 0 Å². The van der Waals surface area contributed by atoms with Crippen molar-refractivity contribution >= 4 is 11.9 Å². The highest BCUT2D eigenvalue weighted by molar-refractivity contribution is 5.77. The van der Waals surface area contributed by atoms with E-state index in [4.69, 9.17) is 0 Å². The monoisotopic (exact) mass is 237 g/mol. The average molecular weight is 237 g/mol. The van der Waals surface area contributed by atoms with Crippen LogP contribution < -0.4 is 5.32 Å². The topological polar surface area (TPSA) is 66.4 Å². The van der Waals surface area contributed by atoms with Gasteiger partial charge in [0.15, 0.2) is 0 Å². The summed E-state index contributed by atoms with van der Waals surface area (Å²) in [5.41, 5.74) is -0.763. The van der Waals surface area contributed by atoms with Crippen molar-refractivity contribution in [3.63, 3.8) is 0 Å². The zero-order valence-electron chi connectivity index (χ0n) is 10.2. The molecule has 4 aliphatic carbocycles. The maximum Gasteiger partial charge on any atom is 0.309 e. The first kappa shape index (κ1) is 11.1. The molecule has 0 radical (unpaired) electrons. The summed E-state index contributed by atoms with van der Waals surface area (Å²) in [6, 6.07) is 0. The molecule has 2 unspecified atom stereocenters. The molecule has 4 rings (SSSR count). The van der Waals surface area contributed by atoms with E-state index in [1.165, 1.54) is 6.92 Å². The Balaban J connectivity index is 1.94. The van der Waals surface area contributed by atoms with E-state index in [-0.39, 0.29) is 11.4 Å². The van der Waals surface area contributed by atoms with Crippen LogP contribution in [0.1, 0.15) is 45.4 Å². The van der Waals surface area contributed by atoms with Gasteiger partial charge in [0.25, 0.3) is 0 Å². The Kier molecular flexibility index (Phi) is 2.11. The summed E-state index contributed by atoms with van der Waals surface area (Å²) in [5.74, 6) is 0.326. The van der Waals surface area contributed by atoms with E-state index in [0.717, 1.165) is 32.1 Å². The van der Waals surface area contributed by atoms with Crippen molar-refractivity contribution in [1.82, 2.24) is 5.32 Å². The largest absolute Gasteiger partial charge is 0.481 e. The highest BCUT2D eigenvalue weighted by atomic mass is 16.4. The number of nitrogens with one attached hydrogen (secondary N) is 1. The first-order valence-corrected chi connectivity index (χ1v) is 6.45. The third kappa shape index (κ3) is 1.57. The van der Waals surface area contributed by atoms with Crippen LogP contribution in [0.4, 0.5) is 0 Å². The maximum atomic E-state index is 11.6. The van der Waals surface area contributed by atoms with Crippen LogP contribution in [0.2, 0.25) is 0 Å². The number of amides is 1. The fourth-order valence-corrected chi connectivity index (χ4v) is 5.03. The maximum absolute atomic E-state index is 11.6. The van der Waals surface area contributed by atoms with Crippen LogP contribution in [0.15, 0.2) is 0 Å². The van der Waals surface area contributed by atoms with E-state index < -0.39 is 11.4 Å². The second-order valence-electron chi connectivity index (χ2n) is 6.51. The van der Waals surface area contributed by atoms with Crippen LogP contribution in [0.3, 0.4) is 0 Å². The Labute approximate surface area is 101 Å². The van der Waals surface area contributed by atoms with Crippen molar-refractivity contribution in [3.05, 3.63) is 0 Å². The van der Waals surface area contributed by atoms with Crippen molar-refractivity contribution in [3.8, 4) is 0 Å². The van der Waals surface area contributed by atoms with Gasteiger partial charge in [0, 0.05) is 12.5 Å².